The van der Waals surface area contributed by atoms with E-state index in [1.807, 2.05) is 13.8 Å². The molecule has 0 bridgehead atoms. The first-order chi connectivity index (χ1) is 8.56. The van der Waals surface area contributed by atoms with Crippen LogP contribution >= 0.6 is 0 Å². The van der Waals surface area contributed by atoms with Crippen molar-refractivity contribution in [3.63, 3.8) is 0 Å². The molecule has 0 aromatic carbocycles. The highest BCUT2D eigenvalue weighted by atomic mass is 16.4. The van der Waals surface area contributed by atoms with Gasteiger partial charge in [0.2, 0.25) is 5.91 Å². The van der Waals surface area contributed by atoms with Gasteiger partial charge in [0.05, 0.1) is 0 Å². The van der Waals surface area contributed by atoms with Crippen LogP contribution in [0.2, 0.25) is 0 Å². The number of amides is 1. The van der Waals surface area contributed by atoms with Gasteiger partial charge in [-0.25, -0.2) is 4.79 Å². The van der Waals surface area contributed by atoms with Crippen LogP contribution in [-0.2, 0) is 9.59 Å². The first-order valence-corrected chi connectivity index (χ1v) is 6.84. The first-order valence-electron chi connectivity index (χ1n) is 6.84. The van der Waals surface area contributed by atoms with E-state index in [0.717, 1.165) is 6.42 Å². The second-order valence-corrected chi connectivity index (χ2v) is 6.50. The van der Waals surface area contributed by atoms with Crippen LogP contribution in [0.25, 0.3) is 0 Å². The molecule has 0 fully saturated rings. The van der Waals surface area contributed by atoms with Gasteiger partial charge in [-0.3, -0.25) is 4.79 Å². The number of aliphatic carboxylic acids is 1. The summed E-state index contributed by atoms with van der Waals surface area (Å²) in [6, 6.07) is -1.08. The molecular weight excluding hydrogens is 244 g/mol. The van der Waals surface area contributed by atoms with Crippen molar-refractivity contribution in [1.82, 2.24) is 5.32 Å². The van der Waals surface area contributed by atoms with Crippen LogP contribution in [0.15, 0.2) is 0 Å². The summed E-state index contributed by atoms with van der Waals surface area (Å²) in [5.41, 5.74) is 5.97. The van der Waals surface area contributed by atoms with E-state index in [2.05, 4.69) is 26.1 Å². The number of hydrogen-bond acceptors (Lipinski definition) is 3. The average Bonchev–Trinajstić information content (AvgIpc) is 2.21. The Labute approximate surface area is 115 Å². The predicted molar refractivity (Wildman–Crippen MR) is 75.7 cm³/mol. The minimum absolute atomic E-state index is 0.0581. The van der Waals surface area contributed by atoms with Crippen LogP contribution in [-0.4, -0.2) is 29.1 Å². The molecule has 2 unspecified atom stereocenters. The van der Waals surface area contributed by atoms with Crippen molar-refractivity contribution >= 4 is 11.9 Å². The Morgan fingerprint density at radius 3 is 2.21 bits per heavy atom. The van der Waals surface area contributed by atoms with Gasteiger partial charge in [0.1, 0.15) is 6.04 Å². The second-order valence-electron chi connectivity index (χ2n) is 6.50. The maximum absolute atomic E-state index is 11.8. The molecule has 112 valence electrons. The van der Waals surface area contributed by atoms with Gasteiger partial charge in [-0.2, -0.15) is 0 Å². The standard InChI is InChI=1S/C14H28N2O3/c1-6-9(2)12(13(18)19)16-11(17)7-10(15)8-14(3,4)5/h9-10,12H,6-8,15H2,1-5H3,(H,16,17)(H,18,19)/t9?,10?,12-/m0/s1. The normalized spacial score (nSPS) is 16.5. The Bertz CT molecular complexity index is 310. The number of rotatable bonds is 7. The zero-order valence-electron chi connectivity index (χ0n) is 12.7. The van der Waals surface area contributed by atoms with Crippen LogP contribution in [0.5, 0.6) is 0 Å². The summed E-state index contributed by atoms with van der Waals surface area (Å²) in [5, 5.41) is 11.7. The lowest BCUT2D eigenvalue weighted by atomic mass is 9.87. The summed E-state index contributed by atoms with van der Waals surface area (Å²) < 4.78 is 0. The van der Waals surface area contributed by atoms with Crippen LogP contribution in [0.1, 0.15) is 53.9 Å². The molecule has 0 radical (unpaired) electrons. The summed E-state index contributed by atoms with van der Waals surface area (Å²) in [7, 11) is 0. The number of carbonyl (C=O) groups excluding carboxylic acids is 1. The predicted octanol–water partition coefficient (Wildman–Crippen LogP) is 1.76. The Hall–Kier alpha value is -1.10. The maximum atomic E-state index is 11.8. The first kappa shape index (κ1) is 17.9. The fraction of sp³-hybridized carbons (Fsp3) is 0.857. The van der Waals surface area contributed by atoms with Gasteiger partial charge in [-0.05, 0) is 17.8 Å². The molecular formula is C14H28N2O3. The molecule has 1 amide bonds. The zero-order valence-corrected chi connectivity index (χ0v) is 12.7. The van der Waals surface area contributed by atoms with Crippen molar-refractivity contribution in [2.75, 3.05) is 0 Å². The third-order valence-corrected chi connectivity index (χ3v) is 3.12. The topological polar surface area (TPSA) is 92.4 Å². The van der Waals surface area contributed by atoms with E-state index in [-0.39, 0.29) is 29.7 Å². The zero-order chi connectivity index (χ0) is 15.2. The molecule has 0 aliphatic carbocycles. The van der Waals surface area contributed by atoms with Gasteiger partial charge < -0.3 is 16.2 Å². The summed E-state index contributed by atoms with van der Waals surface area (Å²) in [6.07, 6.45) is 1.59. The van der Waals surface area contributed by atoms with Gasteiger partial charge in [0.15, 0.2) is 0 Å². The quantitative estimate of drug-likeness (QED) is 0.658. The lowest BCUT2D eigenvalue weighted by Gasteiger charge is -2.24. The minimum atomic E-state index is -0.993. The third kappa shape index (κ3) is 7.82. The summed E-state index contributed by atoms with van der Waals surface area (Å²) in [5.74, 6) is -1.38. The molecule has 0 heterocycles. The smallest absolute Gasteiger partial charge is 0.326 e. The fourth-order valence-electron chi connectivity index (χ4n) is 2.01. The van der Waals surface area contributed by atoms with Gasteiger partial charge >= 0.3 is 5.97 Å². The van der Waals surface area contributed by atoms with Crippen molar-refractivity contribution in [3.05, 3.63) is 0 Å². The van der Waals surface area contributed by atoms with Crippen LogP contribution in [0, 0.1) is 11.3 Å². The lowest BCUT2D eigenvalue weighted by molar-refractivity contribution is -0.143. The van der Waals surface area contributed by atoms with Crippen molar-refractivity contribution in [3.8, 4) is 0 Å². The molecule has 0 aliphatic rings. The van der Waals surface area contributed by atoms with E-state index < -0.39 is 12.0 Å². The number of carboxylic acids is 1. The second kappa shape index (κ2) is 7.48. The molecule has 4 N–H and O–H groups in total. The molecule has 0 rings (SSSR count). The Morgan fingerprint density at radius 2 is 1.84 bits per heavy atom. The third-order valence-electron chi connectivity index (χ3n) is 3.12. The number of nitrogens with one attached hydrogen (secondary N) is 1. The van der Waals surface area contributed by atoms with Crippen molar-refractivity contribution < 1.29 is 14.7 Å². The molecule has 0 aliphatic heterocycles. The van der Waals surface area contributed by atoms with E-state index in [4.69, 9.17) is 10.8 Å². The number of carboxylic acid groups (broad SMARTS) is 1. The van der Waals surface area contributed by atoms with Crippen LogP contribution in [0.3, 0.4) is 0 Å². The van der Waals surface area contributed by atoms with Gasteiger partial charge in [-0.15, -0.1) is 0 Å². The Morgan fingerprint density at radius 1 is 1.32 bits per heavy atom. The molecule has 3 atom stereocenters. The van der Waals surface area contributed by atoms with Gasteiger partial charge in [0.25, 0.3) is 0 Å². The van der Waals surface area contributed by atoms with Gasteiger partial charge in [-0.1, -0.05) is 41.0 Å². The lowest BCUT2D eigenvalue weighted by Crippen LogP contribution is -2.46. The summed E-state index contributed by atoms with van der Waals surface area (Å²) in [6.45, 7) is 9.89. The highest BCUT2D eigenvalue weighted by molar-refractivity contribution is 5.84. The van der Waals surface area contributed by atoms with E-state index in [1.165, 1.54) is 0 Å². The molecule has 5 nitrogen and oxygen atoms in total. The minimum Gasteiger partial charge on any atom is -0.480 e. The summed E-state index contributed by atoms with van der Waals surface area (Å²) in [4.78, 5) is 22.9. The van der Waals surface area contributed by atoms with E-state index in [1.54, 1.807) is 0 Å². The van der Waals surface area contributed by atoms with E-state index >= 15 is 0 Å². The highest BCUT2D eigenvalue weighted by Gasteiger charge is 2.26. The van der Waals surface area contributed by atoms with Crippen molar-refractivity contribution in [1.29, 1.82) is 0 Å². The van der Waals surface area contributed by atoms with E-state index in [0.29, 0.717) is 6.42 Å². The molecule has 0 spiro atoms. The molecule has 0 aromatic rings. The monoisotopic (exact) mass is 272 g/mol. The SMILES string of the molecule is CCC(C)[C@H](NC(=O)CC(N)CC(C)(C)C)C(=O)O. The van der Waals surface area contributed by atoms with Crippen LogP contribution < -0.4 is 11.1 Å². The molecule has 0 saturated carbocycles. The average molecular weight is 272 g/mol. The molecule has 0 saturated heterocycles. The Kier molecular flexibility index (Phi) is 7.05. The highest BCUT2D eigenvalue weighted by Crippen LogP contribution is 2.21. The van der Waals surface area contributed by atoms with E-state index in [9.17, 15) is 9.59 Å². The Balaban J connectivity index is 4.39. The van der Waals surface area contributed by atoms with Crippen LogP contribution in [0.4, 0.5) is 0 Å². The van der Waals surface area contributed by atoms with Gasteiger partial charge in [0, 0.05) is 12.5 Å². The number of nitrogens with two attached hydrogens (primary N) is 1. The van der Waals surface area contributed by atoms with Crippen molar-refractivity contribution in [2.24, 2.45) is 17.1 Å². The fourth-order valence-corrected chi connectivity index (χ4v) is 2.01. The number of hydrogen-bond donors (Lipinski definition) is 3. The molecule has 5 heteroatoms. The largest absolute Gasteiger partial charge is 0.480 e. The van der Waals surface area contributed by atoms with Crippen molar-refractivity contribution in [2.45, 2.75) is 66.0 Å². The number of carbonyl (C=O) groups is 2. The molecule has 0 aromatic heterocycles. The summed E-state index contributed by atoms with van der Waals surface area (Å²) >= 11 is 0. The molecule has 19 heavy (non-hydrogen) atoms. The maximum Gasteiger partial charge on any atom is 0.326 e.